The molecule has 1 N–H and O–H groups in total. The number of ether oxygens (including phenoxy) is 2. The Balaban J connectivity index is 1.67. The average molecular weight is 466 g/mol. The zero-order chi connectivity index (χ0) is 25.0. The van der Waals surface area contributed by atoms with E-state index in [0.717, 1.165) is 17.1 Å². The van der Waals surface area contributed by atoms with Crippen LogP contribution in [0.2, 0.25) is 0 Å². The van der Waals surface area contributed by atoms with Gasteiger partial charge in [-0.1, -0.05) is 0 Å². The van der Waals surface area contributed by atoms with Gasteiger partial charge in [0.2, 0.25) is 5.88 Å². The minimum atomic E-state index is -0.801. The third-order valence-corrected chi connectivity index (χ3v) is 5.14. The summed E-state index contributed by atoms with van der Waals surface area (Å²) in [7, 11) is 0. The Hall–Kier alpha value is -4.14. The summed E-state index contributed by atoms with van der Waals surface area (Å²) < 4.78 is 17.5. The molecular weight excluding hydrogens is 440 g/mol. The Kier molecular flexibility index (Phi) is 7.35. The summed E-state index contributed by atoms with van der Waals surface area (Å²) in [6, 6.07) is 10.8. The molecule has 178 valence electrons. The third kappa shape index (κ3) is 5.09. The summed E-state index contributed by atoms with van der Waals surface area (Å²) in [5, 5.41) is 2.37. The lowest BCUT2D eigenvalue weighted by Gasteiger charge is -2.10. The Bertz CT molecular complexity index is 1230. The van der Waals surface area contributed by atoms with Crippen LogP contribution in [0.3, 0.4) is 0 Å². The Labute approximate surface area is 196 Å². The van der Waals surface area contributed by atoms with Gasteiger partial charge < -0.3 is 18.5 Å². The molecule has 1 amide bonds. The number of nitrogens with one attached hydrogen (secondary N) is 1. The van der Waals surface area contributed by atoms with E-state index in [9.17, 15) is 19.2 Å². The molecule has 0 spiro atoms. The van der Waals surface area contributed by atoms with Crippen LogP contribution in [0.15, 0.2) is 40.8 Å². The summed E-state index contributed by atoms with van der Waals surface area (Å²) in [5.41, 5.74) is 3.16. The van der Waals surface area contributed by atoms with Crippen LogP contribution in [-0.4, -0.2) is 41.4 Å². The number of ketones is 1. The highest BCUT2D eigenvalue weighted by Gasteiger charge is 2.29. The van der Waals surface area contributed by atoms with E-state index < -0.39 is 30.2 Å². The summed E-state index contributed by atoms with van der Waals surface area (Å²) >= 11 is 0. The van der Waals surface area contributed by atoms with Gasteiger partial charge in [-0.2, -0.15) is 0 Å². The fourth-order valence-electron chi connectivity index (χ4n) is 3.65. The first-order valence-corrected chi connectivity index (χ1v) is 10.7. The molecule has 9 nitrogen and oxygen atoms in total. The summed E-state index contributed by atoms with van der Waals surface area (Å²) in [5.74, 6) is -2.71. The first kappa shape index (κ1) is 24.5. The van der Waals surface area contributed by atoms with Crippen molar-refractivity contribution in [2.24, 2.45) is 0 Å². The SMILES string of the molecule is CCOC(=O)c1c(NC(=O)COC(=O)c2ccc(-n3c(C)ccc3C)cc2)oc(C)c1C(C)=O. The lowest BCUT2D eigenvalue weighted by molar-refractivity contribution is -0.119. The molecule has 0 radical (unpaired) electrons. The number of aryl methyl sites for hydroxylation is 3. The number of furan rings is 1. The van der Waals surface area contributed by atoms with Crippen molar-refractivity contribution in [3.63, 3.8) is 0 Å². The molecule has 0 saturated heterocycles. The van der Waals surface area contributed by atoms with E-state index in [1.54, 1.807) is 31.2 Å². The van der Waals surface area contributed by atoms with Crippen molar-refractivity contribution in [3.05, 3.63) is 70.2 Å². The zero-order valence-electron chi connectivity index (χ0n) is 19.7. The quantitative estimate of drug-likeness (QED) is 0.391. The molecular formula is C25H26N2O7. The van der Waals surface area contributed by atoms with Gasteiger partial charge in [-0.25, -0.2) is 9.59 Å². The lowest BCUT2D eigenvalue weighted by atomic mass is 10.1. The van der Waals surface area contributed by atoms with Gasteiger partial charge in [-0.3, -0.25) is 14.9 Å². The molecule has 0 aliphatic carbocycles. The van der Waals surface area contributed by atoms with Gasteiger partial charge >= 0.3 is 11.9 Å². The molecule has 9 heteroatoms. The van der Waals surface area contributed by atoms with E-state index in [2.05, 4.69) is 5.32 Å². The van der Waals surface area contributed by atoms with Crippen LogP contribution < -0.4 is 5.32 Å². The van der Waals surface area contributed by atoms with E-state index in [1.165, 1.54) is 13.8 Å². The third-order valence-electron chi connectivity index (χ3n) is 5.14. The molecule has 2 heterocycles. The van der Waals surface area contributed by atoms with Crippen LogP contribution in [0.25, 0.3) is 5.69 Å². The number of rotatable bonds is 8. The van der Waals surface area contributed by atoms with Crippen molar-refractivity contribution in [2.45, 2.75) is 34.6 Å². The van der Waals surface area contributed by atoms with Gasteiger partial charge in [-0.15, -0.1) is 0 Å². The van der Waals surface area contributed by atoms with E-state index in [-0.39, 0.29) is 34.9 Å². The normalized spacial score (nSPS) is 10.6. The minimum Gasteiger partial charge on any atom is -0.462 e. The topological polar surface area (TPSA) is 117 Å². The number of aromatic nitrogens is 1. The van der Waals surface area contributed by atoms with Gasteiger partial charge in [0.25, 0.3) is 5.91 Å². The second-order valence-corrected chi connectivity index (χ2v) is 7.64. The molecule has 0 aliphatic rings. The fourth-order valence-corrected chi connectivity index (χ4v) is 3.65. The lowest BCUT2D eigenvalue weighted by Crippen LogP contribution is -2.22. The first-order valence-electron chi connectivity index (χ1n) is 10.7. The van der Waals surface area contributed by atoms with Gasteiger partial charge in [0.1, 0.15) is 11.3 Å². The van der Waals surface area contributed by atoms with E-state index in [0.29, 0.717) is 0 Å². The number of nitrogens with zero attached hydrogens (tertiary/aromatic N) is 1. The largest absolute Gasteiger partial charge is 0.462 e. The van der Waals surface area contributed by atoms with Crippen LogP contribution in [-0.2, 0) is 14.3 Å². The number of esters is 2. The number of amides is 1. The van der Waals surface area contributed by atoms with Crippen LogP contribution in [0.4, 0.5) is 5.88 Å². The molecule has 0 aliphatic heterocycles. The number of hydrogen-bond acceptors (Lipinski definition) is 7. The van der Waals surface area contributed by atoms with Gasteiger partial charge in [0.05, 0.1) is 17.7 Å². The number of benzene rings is 1. The predicted octanol–water partition coefficient (Wildman–Crippen LogP) is 4.17. The molecule has 0 saturated carbocycles. The zero-order valence-corrected chi connectivity index (χ0v) is 19.7. The second kappa shape index (κ2) is 10.2. The van der Waals surface area contributed by atoms with Crippen molar-refractivity contribution in [1.82, 2.24) is 4.57 Å². The molecule has 3 rings (SSSR count). The van der Waals surface area contributed by atoms with Crippen molar-refractivity contribution in [2.75, 3.05) is 18.5 Å². The van der Waals surface area contributed by atoms with Gasteiger partial charge in [0.15, 0.2) is 12.4 Å². The maximum absolute atomic E-state index is 12.4. The van der Waals surface area contributed by atoms with Gasteiger partial charge in [-0.05, 0) is 71.0 Å². The number of carbonyl (C=O) groups is 4. The Morgan fingerprint density at radius 3 is 2.06 bits per heavy atom. The van der Waals surface area contributed by atoms with Crippen molar-refractivity contribution >= 4 is 29.5 Å². The number of anilines is 1. The second-order valence-electron chi connectivity index (χ2n) is 7.64. The summed E-state index contributed by atoms with van der Waals surface area (Å²) in [6.45, 7) is 7.82. The van der Waals surface area contributed by atoms with E-state index >= 15 is 0 Å². The fraction of sp³-hybridized carbons (Fsp3) is 0.280. The van der Waals surface area contributed by atoms with Crippen molar-refractivity contribution in [1.29, 1.82) is 0 Å². The van der Waals surface area contributed by atoms with Crippen LogP contribution >= 0.6 is 0 Å². The number of Topliss-reactive ketones (excluding diaryl/α,β-unsaturated/α-hetero) is 1. The van der Waals surface area contributed by atoms with E-state index in [1.807, 2.05) is 30.5 Å². The molecule has 2 aromatic heterocycles. The molecule has 0 fully saturated rings. The molecule has 3 aromatic rings. The molecule has 34 heavy (non-hydrogen) atoms. The van der Waals surface area contributed by atoms with Crippen LogP contribution in [0.5, 0.6) is 0 Å². The Morgan fingerprint density at radius 2 is 1.50 bits per heavy atom. The molecule has 0 unspecified atom stereocenters. The maximum Gasteiger partial charge on any atom is 0.344 e. The highest BCUT2D eigenvalue weighted by atomic mass is 16.5. The summed E-state index contributed by atoms with van der Waals surface area (Å²) in [4.78, 5) is 49.0. The van der Waals surface area contributed by atoms with Crippen LogP contribution in [0, 0.1) is 20.8 Å². The molecule has 1 aromatic carbocycles. The Morgan fingerprint density at radius 1 is 0.882 bits per heavy atom. The smallest absolute Gasteiger partial charge is 0.344 e. The van der Waals surface area contributed by atoms with E-state index in [4.69, 9.17) is 13.9 Å². The molecule has 0 bridgehead atoms. The minimum absolute atomic E-state index is 0.0269. The van der Waals surface area contributed by atoms with Crippen molar-refractivity contribution in [3.8, 4) is 5.69 Å². The predicted molar refractivity (Wildman–Crippen MR) is 124 cm³/mol. The number of carbonyl (C=O) groups excluding carboxylic acids is 4. The van der Waals surface area contributed by atoms with Gasteiger partial charge in [0, 0.05) is 17.1 Å². The van der Waals surface area contributed by atoms with Crippen molar-refractivity contribution < 1.29 is 33.1 Å². The number of hydrogen-bond donors (Lipinski definition) is 1. The first-order chi connectivity index (χ1) is 16.1. The monoisotopic (exact) mass is 466 g/mol. The van der Waals surface area contributed by atoms with Crippen LogP contribution in [0.1, 0.15) is 62.1 Å². The highest BCUT2D eigenvalue weighted by Crippen LogP contribution is 2.28. The maximum atomic E-state index is 12.4. The molecule has 0 atom stereocenters. The highest BCUT2D eigenvalue weighted by molar-refractivity contribution is 6.10. The summed E-state index contributed by atoms with van der Waals surface area (Å²) in [6.07, 6.45) is 0. The average Bonchev–Trinajstić information content (AvgIpc) is 3.30. The standard InChI is InChI=1S/C25H26N2O7/c1-6-32-25(31)22-21(16(4)28)17(5)34-23(22)26-20(29)13-33-24(30)18-9-11-19(12-10-18)27-14(2)7-8-15(27)3/h7-12H,6,13H2,1-5H3,(H,26,29).